The van der Waals surface area contributed by atoms with Crippen LogP contribution in [0.2, 0.25) is 0 Å². The summed E-state index contributed by atoms with van der Waals surface area (Å²) in [4.78, 5) is 14.8. The van der Waals surface area contributed by atoms with Crippen LogP contribution in [0, 0.1) is 11.3 Å². The highest BCUT2D eigenvalue weighted by Crippen LogP contribution is 2.14. The normalized spacial score (nSPS) is 10.1. The van der Waals surface area contributed by atoms with Gasteiger partial charge >= 0.3 is 5.69 Å². The average molecular weight is 276 g/mol. The summed E-state index contributed by atoms with van der Waals surface area (Å²) < 4.78 is 7.10. The molecule has 1 heterocycles. The lowest BCUT2D eigenvalue weighted by Gasteiger charge is -2.05. The van der Waals surface area contributed by atoms with Gasteiger partial charge in [0.15, 0.2) is 5.16 Å². The number of aryl methyl sites for hydroxylation is 1. The lowest BCUT2D eigenvalue weighted by Crippen LogP contribution is -2.03. The zero-order valence-corrected chi connectivity index (χ0v) is 11.1. The van der Waals surface area contributed by atoms with E-state index in [1.54, 1.807) is 36.0 Å². The summed E-state index contributed by atoms with van der Waals surface area (Å²) in [5.41, 5.74) is 0.256. The van der Waals surface area contributed by atoms with Gasteiger partial charge in [0, 0.05) is 12.8 Å². The minimum absolute atomic E-state index is 0.349. The quantitative estimate of drug-likeness (QED) is 0.654. The Kier molecular flexibility index (Phi) is 4.26. The van der Waals surface area contributed by atoms with Crippen molar-refractivity contribution in [1.82, 2.24) is 14.8 Å². The average Bonchev–Trinajstić information content (AvgIpc) is 2.74. The molecule has 0 spiro atoms. The van der Waals surface area contributed by atoms with Crippen LogP contribution in [0.25, 0.3) is 0 Å². The van der Waals surface area contributed by atoms with Crippen LogP contribution in [0.4, 0.5) is 0 Å². The van der Waals surface area contributed by atoms with Crippen molar-refractivity contribution in [3.05, 3.63) is 40.3 Å². The molecule has 0 aliphatic rings. The van der Waals surface area contributed by atoms with Crippen molar-refractivity contribution >= 4 is 11.8 Å². The Bertz CT molecular complexity index is 639. The Labute approximate surface area is 114 Å². The molecule has 1 N–H and O–H groups in total. The molecule has 0 aliphatic heterocycles. The molecular formula is C12H12N4O2S. The number of thioether (sulfide) groups is 1. The molecule has 0 atom stereocenters. The standard InChI is InChI=1S/C12H12N4O2S/c1-16-12(14-11(17)15-16)19-7-6-18-10-4-2-9(8-13)3-5-10/h2-5H,6-7H2,1H3,(H,15,17). The number of rotatable bonds is 5. The van der Waals surface area contributed by atoms with Gasteiger partial charge < -0.3 is 4.74 Å². The number of ether oxygens (including phenoxy) is 1. The molecule has 0 fully saturated rings. The lowest BCUT2D eigenvalue weighted by atomic mass is 10.2. The largest absolute Gasteiger partial charge is 0.493 e. The fourth-order valence-corrected chi connectivity index (χ4v) is 2.16. The van der Waals surface area contributed by atoms with Gasteiger partial charge in [-0.25, -0.2) is 9.89 Å². The summed E-state index contributed by atoms with van der Waals surface area (Å²) in [5, 5.41) is 11.8. The van der Waals surface area contributed by atoms with Crippen molar-refractivity contribution in [1.29, 1.82) is 5.26 Å². The summed E-state index contributed by atoms with van der Waals surface area (Å²) in [6, 6.07) is 8.98. The third kappa shape index (κ3) is 3.63. The number of nitrogens with one attached hydrogen (secondary N) is 1. The van der Waals surface area contributed by atoms with Crippen LogP contribution in [-0.2, 0) is 7.05 Å². The Morgan fingerprint density at radius 2 is 2.21 bits per heavy atom. The summed E-state index contributed by atoms with van der Waals surface area (Å²) in [6.07, 6.45) is 0. The molecule has 6 nitrogen and oxygen atoms in total. The van der Waals surface area contributed by atoms with Gasteiger partial charge in [-0.15, -0.1) is 0 Å². The van der Waals surface area contributed by atoms with E-state index in [0.29, 0.717) is 23.1 Å². The van der Waals surface area contributed by atoms with Gasteiger partial charge in [-0.3, -0.25) is 4.68 Å². The molecule has 0 radical (unpaired) electrons. The molecule has 0 amide bonds. The minimum Gasteiger partial charge on any atom is -0.493 e. The second-order valence-electron chi connectivity index (χ2n) is 3.70. The second kappa shape index (κ2) is 6.11. The number of aromatic nitrogens is 3. The van der Waals surface area contributed by atoms with Gasteiger partial charge in [0.25, 0.3) is 0 Å². The van der Waals surface area contributed by atoms with E-state index in [-0.39, 0.29) is 5.69 Å². The number of aromatic amines is 1. The van der Waals surface area contributed by atoms with Crippen molar-refractivity contribution in [2.45, 2.75) is 5.16 Å². The highest BCUT2D eigenvalue weighted by Gasteiger charge is 2.03. The molecular weight excluding hydrogens is 264 g/mol. The maximum atomic E-state index is 11.0. The van der Waals surface area contributed by atoms with Crippen molar-refractivity contribution in [3.8, 4) is 11.8 Å². The van der Waals surface area contributed by atoms with E-state index in [0.717, 1.165) is 5.75 Å². The molecule has 7 heteroatoms. The Balaban J connectivity index is 1.79. The second-order valence-corrected chi connectivity index (χ2v) is 4.77. The maximum Gasteiger partial charge on any atom is 0.362 e. The maximum absolute atomic E-state index is 11.0. The third-order valence-corrected chi connectivity index (χ3v) is 3.31. The van der Waals surface area contributed by atoms with E-state index in [4.69, 9.17) is 10.00 Å². The number of hydrogen-bond acceptors (Lipinski definition) is 5. The van der Waals surface area contributed by atoms with Crippen LogP contribution >= 0.6 is 11.8 Å². The van der Waals surface area contributed by atoms with Crippen LogP contribution in [0.3, 0.4) is 0 Å². The third-order valence-electron chi connectivity index (χ3n) is 2.31. The Morgan fingerprint density at radius 1 is 1.47 bits per heavy atom. The monoisotopic (exact) mass is 276 g/mol. The highest BCUT2D eigenvalue weighted by molar-refractivity contribution is 7.99. The Morgan fingerprint density at radius 3 is 2.79 bits per heavy atom. The van der Waals surface area contributed by atoms with Gasteiger partial charge in [0.05, 0.1) is 18.2 Å². The number of nitrogens with zero attached hydrogens (tertiary/aromatic N) is 3. The lowest BCUT2D eigenvalue weighted by molar-refractivity contribution is 0.344. The first-order valence-corrected chi connectivity index (χ1v) is 6.56. The van der Waals surface area contributed by atoms with E-state index in [1.807, 2.05) is 6.07 Å². The first-order valence-electron chi connectivity index (χ1n) is 5.58. The zero-order valence-electron chi connectivity index (χ0n) is 10.3. The summed E-state index contributed by atoms with van der Waals surface area (Å²) in [6.45, 7) is 0.498. The molecule has 0 unspecified atom stereocenters. The summed E-state index contributed by atoms with van der Waals surface area (Å²) >= 11 is 1.44. The van der Waals surface area contributed by atoms with E-state index >= 15 is 0 Å². The summed E-state index contributed by atoms with van der Waals surface area (Å²) in [5.74, 6) is 1.40. The molecule has 1 aromatic carbocycles. The first kappa shape index (κ1) is 13.2. The number of nitriles is 1. The Hall–Kier alpha value is -2.20. The number of H-pyrrole nitrogens is 1. The fourth-order valence-electron chi connectivity index (χ4n) is 1.43. The minimum atomic E-state index is -0.349. The molecule has 1 aromatic heterocycles. The molecule has 19 heavy (non-hydrogen) atoms. The molecule has 0 bridgehead atoms. The van der Waals surface area contributed by atoms with Crippen molar-refractivity contribution < 1.29 is 4.74 Å². The van der Waals surface area contributed by atoms with Gasteiger partial charge in [0.1, 0.15) is 5.75 Å². The predicted octanol–water partition coefficient (Wildman–Crippen LogP) is 1.15. The van der Waals surface area contributed by atoms with E-state index in [2.05, 4.69) is 10.1 Å². The van der Waals surface area contributed by atoms with E-state index in [1.165, 1.54) is 11.8 Å². The van der Waals surface area contributed by atoms with Crippen LogP contribution in [-0.4, -0.2) is 27.1 Å². The predicted molar refractivity (Wildman–Crippen MR) is 71.2 cm³/mol. The van der Waals surface area contributed by atoms with Gasteiger partial charge in [-0.1, -0.05) is 11.8 Å². The molecule has 0 saturated carbocycles. The summed E-state index contributed by atoms with van der Waals surface area (Å²) in [7, 11) is 1.73. The van der Waals surface area contributed by atoms with Gasteiger partial charge in [-0.2, -0.15) is 10.2 Å². The topological polar surface area (TPSA) is 83.7 Å². The fraction of sp³-hybridized carbons (Fsp3) is 0.250. The number of benzene rings is 1. The van der Waals surface area contributed by atoms with Crippen LogP contribution < -0.4 is 10.4 Å². The number of hydrogen-bond donors (Lipinski definition) is 1. The van der Waals surface area contributed by atoms with Crippen LogP contribution in [0.1, 0.15) is 5.56 Å². The smallest absolute Gasteiger partial charge is 0.362 e. The SMILES string of the molecule is Cn1[nH]c(=O)nc1SCCOc1ccc(C#N)cc1. The molecule has 2 rings (SSSR count). The van der Waals surface area contributed by atoms with Crippen LogP contribution in [0.5, 0.6) is 5.75 Å². The van der Waals surface area contributed by atoms with Crippen molar-refractivity contribution in [2.24, 2.45) is 7.05 Å². The first-order chi connectivity index (χ1) is 9.19. The van der Waals surface area contributed by atoms with E-state index in [9.17, 15) is 4.79 Å². The van der Waals surface area contributed by atoms with Crippen molar-refractivity contribution in [3.63, 3.8) is 0 Å². The zero-order chi connectivity index (χ0) is 13.7. The van der Waals surface area contributed by atoms with E-state index < -0.39 is 0 Å². The molecule has 0 aliphatic carbocycles. The highest BCUT2D eigenvalue weighted by atomic mass is 32.2. The molecule has 98 valence electrons. The van der Waals surface area contributed by atoms with Gasteiger partial charge in [0.2, 0.25) is 0 Å². The van der Waals surface area contributed by atoms with Crippen LogP contribution in [0.15, 0.2) is 34.2 Å². The molecule has 2 aromatic rings. The van der Waals surface area contributed by atoms with Gasteiger partial charge in [-0.05, 0) is 24.3 Å². The van der Waals surface area contributed by atoms with Crippen molar-refractivity contribution in [2.75, 3.05) is 12.4 Å². The molecule has 0 saturated heterocycles.